The summed E-state index contributed by atoms with van der Waals surface area (Å²) in [5.74, 6) is 0.300. The van der Waals surface area contributed by atoms with Crippen molar-refractivity contribution < 1.29 is 14.3 Å². The second kappa shape index (κ2) is 8.31. The Balaban J connectivity index is 1.69. The molecule has 2 N–H and O–H groups in total. The van der Waals surface area contributed by atoms with Gasteiger partial charge in [0, 0.05) is 10.4 Å². The van der Waals surface area contributed by atoms with Crippen molar-refractivity contribution >= 4 is 34.5 Å². The number of methoxy groups -OCH3 is 1. The normalized spacial score (nSPS) is 10.2. The van der Waals surface area contributed by atoms with E-state index in [0.29, 0.717) is 29.1 Å². The number of carbonyl (C=O) groups is 2. The smallest absolute Gasteiger partial charge is 0.255 e. The molecule has 3 aromatic rings. The van der Waals surface area contributed by atoms with Crippen LogP contribution in [0.3, 0.4) is 0 Å². The number of rotatable bonds is 6. The first-order valence-corrected chi connectivity index (χ1v) is 8.90. The van der Waals surface area contributed by atoms with Crippen LogP contribution in [0.25, 0.3) is 0 Å². The number of carbonyl (C=O) groups excluding carboxylic acids is 2. The van der Waals surface area contributed by atoms with Gasteiger partial charge in [-0.05, 0) is 47.8 Å². The number of thiophene rings is 1. The predicted molar refractivity (Wildman–Crippen MR) is 104 cm³/mol. The Hall–Kier alpha value is -3.12. The van der Waals surface area contributed by atoms with Crippen LogP contribution in [-0.2, 0) is 11.2 Å². The Bertz CT molecular complexity index is 890. The zero-order valence-corrected chi connectivity index (χ0v) is 15.0. The number of para-hydroxylation sites is 2. The molecule has 2 amide bonds. The summed E-state index contributed by atoms with van der Waals surface area (Å²) in [4.78, 5) is 25.7. The quantitative estimate of drug-likeness (QED) is 0.687. The average molecular weight is 366 g/mol. The van der Waals surface area contributed by atoms with E-state index in [1.807, 2.05) is 23.6 Å². The van der Waals surface area contributed by atoms with Gasteiger partial charge in [-0.3, -0.25) is 9.59 Å². The zero-order valence-electron chi connectivity index (χ0n) is 14.2. The van der Waals surface area contributed by atoms with Crippen molar-refractivity contribution in [3.63, 3.8) is 0 Å². The van der Waals surface area contributed by atoms with Gasteiger partial charge in [0.15, 0.2) is 0 Å². The van der Waals surface area contributed by atoms with E-state index in [4.69, 9.17) is 4.74 Å². The minimum absolute atomic E-state index is 0.126. The third kappa shape index (κ3) is 4.49. The molecule has 0 aliphatic carbocycles. The van der Waals surface area contributed by atoms with Gasteiger partial charge >= 0.3 is 0 Å². The fourth-order valence-corrected chi connectivity index (χ4v) is 3.11. The number of ether oxygens (including phenoxy) is 1. The van der Waals surface area contributed by atoms with Gasteiger partial charge in [-0.15, -0.1) is 11.3 Å². The lowest BCUT2D eigenvalue weighted by Gasteiger charge is -2.12. The first-order chi connectivity index (χ1) is 12.7. The highest BCUT2D eigenvalue weighted by molar-refractivity contribution is 7.10. The maximum atomic E-state index is 12.4. The minimum atomic E-state index is -0.257. The Labute approximate surface area is 155 Å². The molecule has 0 aliphatic heterocycles. The summed E-state index contributed by atoms with van der Waals surface area (Å²) in [7, 11) is 1.57. The van der Waals surface area contributed by atoms with Crippen molar-refractivity contribution in [3.8, 4) is 5.75 Å². The van der Waals surface area contributed by atoms with E-state index in [1.165, 1.54) is 11.3 Å². The second-order valence-corrected chi connectivity index (χ2v) is 6.56. The van der Waals surface area contributed by atoms with Crippen LogP contribution in [0.4, 0.5) is 11.4 Å². The van der Waals surface area contributed by atoms with Gasteiger partial charge in [0.25, 0.3) is 5.91 Å². The number of anilines is 2. The van der Waals surface area contributed by atoms with Crippen molar-refractivity contribution in [1.29, 1.82) is 0 Å². The zero-order chi connectivity index (χ0) is 18.4. The summed E-state index contributed by atoms with van der Waals surface area (Å²) in [6, 6.07) is 17.8. The summed E-state index contributed by atoms with van der Waals surface area (Å²) in [6.45, 7) is 0. The SMILES string of the molecule is COc1ccc(C(=O)Nc2ccccc2NC(=O)Cc2cccs2)cc1. The van der Waals surface area contributed by atoms with E-state index in [9.17, 15) is 9.59 Å². The molecule has 2 aromatic carbocycles. The molecule has 0 radical (unpaired) electrons. The monoisotopic (exact) mass is 366 g/mol. The summed E-state index contributed by atoms with van der Waals surface area (Å²) in [6.07, 6.45) is 0.304. The summed E-state index contributed by atoms with van der Waals surface area (Å²) < 4.78 is 5.09. The van der Waals surface area contributed by atoms with Crippen LogP contribution in [-0.4, -0.2) is 18.9 Å². The predicted octanol–water partition coefficient (Wildman–Crippen LogP) is 4.19. The lowest BCUT2D eigenvalue weighted by atomic mass is 10.2. The third-order valence-corrected chi connectivity index (χ3v) is 4.59. The number of hydrogen-bond acceptors (Lipinski definition) is 4. The van der Waals surface area contributed by atoms with Crippen LogP contribution < -0.4 is 15.4 Å². The second-order valence-electron chi connectivity index (χ2n) is 5.53. The highest BCUT2D eigenvalue weighted by atomic mass is 32.1. The molecule has 5 nitrogen and oxygen atoms in total. The molecule has 6 heteroatoms. The molecule has 0 fully saturated rings. The Morgan fingerprint density at radius 1 is 0.923 bits per heavy atom. The number of hydrogen-bond donors (Lipinski definition) is 2. The van der Waals surface area contributed by atoms with E-state index >= 15 is 0 Å². The molecule has 132 valence electrons. The Morgan fingerprint density at radius 2 is 1.62 bits per heavy atom. The highest BCUT2D eigenvalue weighted by Gasteiger charge is 2.11. The number of amides is 2. The molecule has 0 aliphatic rings. The third-order valence-electron chi connectivity index (χ3n) is 3.72. The van der Waals surface area contributed by atoms with Gasteiger partial charge in [-0.2, -0.15) is 0 Å². The van der Waals surface area contributed by atoms with Crippen molar-refractivity contribution in [1.82, 2.24) is 0 Å². The molecule has 0 unspecified atom stereocenters. The van der Waals surface area contributed by atoms with Gasteiger partial charge < -0.3 is 15.4 Å². The standard InChI is InChI=1S/C20H18N2O3S/c1-25-15-10-8-14(9-11-15)20(24)22-18-7-3-2-6-17(18)21-19(23)13-16-5-4-12-26-16/h2-12H,13H2,1H3,(H,21,23)(H,22,24). The largest absolute Gasteiger partial charge is 0.497 e. The topological polar surface area (TPSA) is 67.4 Å². The lowest BCUT2D eigenvalue weighted by Crippen LogP contribution is -2.17. The van der Waals surface area contributed by atoms with Crippen LogP contribution in [0, 0.1) is 0 Å². The van der Waals surface area contributed by atoms with Crippen LogP contribution in [0.2, 0.25) is 0 Å². The molecule has 3 rings (SSSR count). The van der Waals surface area contributed by atoms with Crippen LogP contribution >= 0.6 is 11.3 Å². The maximum Gasteiger partial charge on any atom is 0.255 e. The van der Waals surface area contributed by atoms with Crippen molar-refractivity contribution in [2.24, 2.45) is 0 Å². The minimum Gasteiger partial charge on any atom is -0.497 e. The van der Waals surface area contributed by atoms with E-state index in [-0.39, 0.29) is 11.8 Å². The molecular weight excluding hydrogens is 348 g/mol. The molecule has 1 heterocycles. The summed E-state index contributed by atoms with van der Waals surface area (Å²) >= 11 is 1.54. The van der Waals surface area contributed by atoms with E-state index in [2.05, 4.69) is 10.6 Å². The molecule has 26 heavy (non-hydrogen) atoms. The first-order valence-electron chi connectivity index (χ1n) is 8.02. The number of benzene rings is 2. The molecule has 0 saturated carbocycles. The molecule has 1 aromatic heterocycles. The van der Waals surface area contributed by atoms with Crippen LogP contribution in [0.1, 0.15) is 15.2 Å². The number of nitrogens with one attached hydrogen (secondary N) is 2. The first kappa shape index (κ1) is 17.7. The van der Waals surface area contributed by atoms with Gasteiger partial charge in [0.2, 0.25) is 5.91 Å². The molecular formula is C20H18N2O3S. The molecule has 0 spiro atoms. The van der Waals surface area contributed by atoms with Crippen LogP contribution in [0.5, 0.6) is 5.75 Å². The fourth-order valence-electron chi connectivity index (χ4n) is 2.40. The molecule has 0 saturated heterocycles. The fraction of sp³-hybridized carbons (Fsp3) is 0.100. The summed E-state index contributed by atoms with van der Waals surface area (Å²) in [5.41, 5.74) is 1.62. The highest BCUT2D eigenvalue weighted by Crippen LogP contribution is 2.23. The van der Waals surface area contributed by atoms with E-state index in [0.717, 1.165) is 4.88 Å². The van der Waals surface area contributed by atoms with Gasteiger partial charge in [0.1, 0.15) is 5.75 Å². The molecule has 0 atom stereocenters. The van der Waals surface area contributed by atoms with Crippen LogP contribution in [0.15, 0.2) is 66.0 Å². The van der Waals surface area contributed by atoms with Gasteiger partial charge in [-0.25, -0.2) is 0 Å². The van der Waals surface area contributed by atoms with E-state index in [1.54, 1.807) is 49.6 Å². The molecule has 0 bridgehead atoms. The van der Waals surface area contributed by atoms with Crippen molar-refractivity contribution in [2.75, 3.05) is 17.7 Å². The van der Waals surface area contributed by atoms with Gasteiger partial charge in [-0.1, -0.05) is 18.2 Å². The lowest BCUT2D eigenvalue weighted by molar-refractivity contribution is -0.115. The Morgan fingerprint density at radius 3 is 2.23 bits per heavy atom. The van der Waals surface area contributed by atoms with Crippen molar-refractivity contribution in [2.45, 2.75) is 6.42 Å². The van der Waals surface area contributed by atoms with Crippen molar-refractivity contribution in [3.05, 3.63) is 76.5 Å². The summed E-state index contributed by atoms with van der Waals surface area (Å²) in [5, 5.41) is 7.63. The average Bonchev–Trinajstić information content (AvgIpc) is 3.16. The van der Waals surface area contributed by atoms with Gasteiger partial charge in [0.05, 0.1) is 24.9 Å². The van der Waals surface area contributed by atoms with E-state index < -0.39 is 0 Å². The maximum absolute atomic E-state index is 12.4. The Kier molecular flexibility index (Phi) is 5.66.